The first kappa shape index (κ1) is 13.0. The smallest absolute Gasteiger partial charge is 0.119 e. The van der Waals surface area contributed by atoms with Gasteiger partial charge in [0.2, 0.25) is 0 Å². The van der Waals surface area contributed by atoms with Crippen molar-refractivity contribution in [3.05, 3.63) is 29.3 Å². The van der Waals surface area contributed by atoms with Gasteiger partial charge in [-0.25, -0.2) is 0 Å². The number of hydrogen-bond acceptors (Lipinski definition) is 2. The van der Waals surface area contributed by atoms with Crippen LogP contribution in [0.4, 0.5) is 0 Å². The topological polar surface area (TPSA) is 29.5 Å². The van der Waals surface area contributed by atoms with Crippen molar-refractivity contribution in [1.29, 1.82) is 0 Å². The molecule has 0 amide bonds. The zero-order valence-electron chi connectivity index (χ0n) is 11.9. The summed E-state index contributed by atoms with van der Waals surface area (Å²) in [7, 11) is 1.68. The van der Waals surface area contributed by atoms with E-state index in [4.69, 9.17) is 4.74 Å². The molecule has 2 heteroatoms. The number of fused-ring (bicyclic) bond motifs is 2. The van der Waals surface area contributed by atoms with Crippen LogP contribution < -0.4 is 4.74 Å². The minimum atomic E-state index is -0.310. The van der Waals surface area contributed by atoms with Gasteiger partial charge in [-0.3, -0.25) is 0 Å². The van der Waals surface area contributed by atoms with Crippen molar-refractivity contribution in [1.82, 2.24) is 0 Å². The summed E-state index contributed by atoms with van der Waals surface area (Å²) in [5.41, 5.74) is 2.21. The Hall–Kier alpha value is -1.02. The largest absolute Gasteiger partial charge is 0.497 e. The van der Waals surface area contributed by atoms with Crippen molar-refractivity contribution in [2.45, 2.75) is 45.1 Å². The molecule has 2 saturated carbocycles. The molecule has 19 heavy (non-hydrogen) atoms. The second-order valence-corrected chi connectivity index (χ2v) is 6.41. The predicted octanol–water partition coefficient (Wildman–Crippen LogP) is 3.86. The van der Waals surface area contributed by atoms with Crippen LogP contribution >= 0.6 is 0 Å². The van der Waals surface area contributed by atoms with Crippen LogP contribution in [0.5, 0.6) is 5.75 Å². The maximum atomic E-state index is 10.5. The molecule has 0 aliphatic heterocycles. The summed E-state index contributed by atoms with van der Waals surface area (Å²) in [5.74, 6) is 3.46. The van der Waals surface area contributed by atoms with Gasteiger partial charge in [0.05, 0.1) is 13.2 Å². The molecule has 104 valence electrons. The van der Waals surface area contributed by atoms with Gasteiger partial charge in [0.25, 0.3) is 0 Å². The molecule has 1 aromatic carbocycles. The van der Waals surface area contributed by atoms with Crippen molar-refractivity contribution in [3.8, 4) is 5.75 Å². The highest BCUT2D eigenvalue weighted by molar-refractivity contribution is 5.36. The zero-order valence-corrected chi connectivity index (χ0v) is 11.9. The van der Waals surface area contributed by atoms with Crippen LogP contribution in [0.3, 0.4) is 0 Å². The second kappa shape index (κ2) is 5.16. The van der Waals surface area contributed by atoms with Crippen molar-refractivity contribution in [3.63, 3.8) is 0 Å². The van der Waals surface area contributed by atoms with E-state index in [1.165, 1.54) is 25.7 Å². The minimum absolute atomic E-state index is 0.310. The molecule has 0 heterocycles. The first-order chi connectivity index (χ1) is 9.17. The van der Waals surface area contributed by atoms with Crippen LogP contribution in [-0.4, -0.2) is 12.2 Å². The Morgan fingerprint density at radius 1 is 1.32 bits per heavy atom. The van der Waals surface area contributed by atoms with Gasteiger partial charge in [0, 0.05) is 0 Å². The van der Waals surface area contributed by atoms with Crippen molar-refractivity contribution in [2.75, 3.05) is 7.11 Å². The highest BCUT2D eigenvalue weighted by Gasteiger charge is 2.40. The molecule has 2 nitrogen and oxygen atoms in total. The molecule has 2 bridgehead atoms. The summed E-state index contributed by atoms with van der Waals surface area (Å²) in [4.78, 5) is 0. The van der Waals surface area contributed by atoms with Crippen molar-refractivity contribution in [2.24, 2.45) is 17.8 Å². The molecule has 4 atom stereocenters. The van der Waals surface area contributed by atoms with Crippen molar-refractivity contribution >= 4 is 0 Å². The normalized spacial score (nSPS) is 30.6. The number of aliphatic hydroxyl groups excluding tert-OH is 1. The molecular weight excluding hydrogens is 236 g/mol. The molecular formula is C17H24O2. The van der Waals surface area contributed by atoms with E-state index >= 15 is 0 Å². The second-order valence-electron chi connectivity index (χ2n) is 6.41. The summed E-state index contributed by atoms with van der Waals surface area (Å²) in [6, 6.07) is 5.98. The lowest BCUT2D eigenvalue weighted by molar-refractivity contribution is 0.125. The Bertz CT molecular complexity index is 455. The zero-order chi connectivity index (χ0) is 13.4. The van der Waals surface area contributed by atoms with Crippen LogP contribution in [0, 0.1) is 24.7 Å². The number of benzene rings is 1. The molecule has 2 aliphatic rings. The summed E-state index contributed by atoms with van der Waals surface area (Å²) in [6.07, 6.45) is 6.21. The van der Waals surface area contributed by atoms with Gasteiger partial charge < -0.3 is 9.84 Å². The first-order valence-corrected chi connectivity index (χ1v) is 7.50. The van der Waals surface area contributed by atoms with E-state index in [9.17, 15) is 5.11 Å². The summed E-state index contributed by atoms with van der Waals surface area (Å²) < 4.78 is 5.22. The van der Waals surface area contributed by atoms with Crippen LogP contribution in [0.25, 0.3) is 0 Å². The first-order valence-electron chi connectivity index (χ1n) is 7.50. The summed E-state index contributed by atoms with van der Waals surface area (Å²) in [6.45, 7) is 2.06. The number of methoxy groups -OCH3 is 1. The van der Waals surface area contributed by atoms with Gasteiger partial charge in [-0.1, -0.05) is 12.5 Å². The van der Waals surface area contributed by atoms with Crippen LogP contribution in [-0.2, 0) is 0 Å². The quantitative estimate of drug-likeness (QED) is 0.890. The Labute approximate surface area is 115 Å². The molecule has 1 N–H and O–H groups in total. The lowest BCUT2D eigenvalue weighted by Crippen LogP contribution is -2.14. The fourth-order valence-corrected chi connectivity index (χ4v) is 4.23. The van der Waals surface area contributed by atoms with Gasteiger partial charge in [0.1, 0.15) is 5.75 Å². The Morgan fingerprint density at radius 2 is 2.16 bits per heavy atom. The lowest BCUT2D eigenvalue weighted by Gasteiger charge is -2.25. The Balaban J connectivity index is 1.68. The number of ether oxygens (including phenoxy) is 1. The van der Waals surface area contributed by atoms with E-state index in [1.807, 2.05) is 18.2 Å². The summed E-state index contributed by atoms with van der Waals surface area (Å²) >= 11 is 0. The number of rotatable bonds is 4. The number of aryl methyl sites for hydroxylation is 1. The molecule has 2 aliphatic carbocycles. The molecule has 0 saturated heterocycles. The van der Waals surface area contributed by atoms with Gasteiger partial charge in [-0.2, -0.15) is 0 Å². The van der Waals surface area contributed by atoms with E-state index in [0.29, 0.717) is 0 Å². The van der Waals surface area contributed by atoms with E-state index in [1.54, 1.807) is 7.11 Å². The fourth-order valence-electron chi connectivity index (χ4n) is 4.23. The van der Waals surface area contributed by atoms with E-state index in [-0.39, 0.29) is 6.10 Å². The average Bonchev–Trinajstić information content (AvgIpc) is 3.00. The minimum Gasteiger partial charge on any atom is -0.497 e. The molecule has 4 unspecified atom stereocenters. The number of hydrogen-bond donors (Lipinski definition) is 1. The SMILES string of the molecule is COc1ccc(C(O)CC2CC3CCC2C3)c(C)c1. The molecule has 2 fully saturated rings. The average molecular weight is 260 g/mol. The van der Waals surface area contributed by atoms with Gasteiger partial charge in [0.15, 0.2) is 0 Å². The molecule has 0 aromatic heterocycles. The third kappa shape index (κ3) is 2.51. The maximum Gasteiger partial charge on any atom is 0.119 e. The number of aliphatic hydroxyl groups is 1. The highest BCUT2D eigenvalue weighted by atomic mass is 16.5. The maximum absolute atomic E-state index is 10.5. The van der Waals surface area contributed by atoms with Crippen molar-refractivity contribution < 1.29 is 9.84 Å². The van der Waals surface area contributed by atoms with E-state index in [2.05, 4.69) is 6.92 Å². The monoisotopic (exact) mass is 260 g/mol. The Kier molecular flexibility index (Phi) is 3.53. The van der Waals surface area contributed by atoms with Crippen LogP contribution in [0.15, 0.2) is 18.2 Å². The standard InChI is InChI=1S/C17H24O2/c1-11-7-15(19-2)5-6-16(11)17(18)10-14-9-12-3-4-13(14)8-12/h5-7,12-14,17-18H,3-4,8-10H2,1-2H3. The van der Waals surface area contributed by atoms with E-state index in [0.717, 1.165) is 41.1 Å². The van der Waals surface area contributed by atoms with Crippen LogP contribution in [0.1, 0.15) is 49.3 Å². The molecule has 0 spiro atoms. The van der Waals surface area contributed by atoms with Gasteiger partial charge >= 0.3 is 0 Å². The highest BCUT2D eigenvalue weighted by Crippen LogP contribution is 2.51. The third-order valence-electron chi connectivity index (χ3n) is 5.25. The summed E-state index contributed by atoms with van der Waals surface area (Å²) in [5, 5.41) is 10.5. The molecule has 1 aromatic rings. The lowest BCUT2D eigenvalue weighted by atomic mass is 9.83. The molecule has 0 radical (unpaired) electrons. The van der Waals surface area contributed by atoms with Gasteiger partial charge in [-0.05, 0) is 73.6 Å². The van der Waals surface area contributed by atoms with E-state index < -0.39 is 0 Å². The van der Waals surface area contributed by atoms with Crippen LogP contribution in [0.2, 0.25) is 0 Å². The van der Waals surface area contributed by atoms with Gasteiger partial charge in [-0.15, -0.1) is 0 Å². The molecule has 3 rings (SSSR count). The predicted molar refractivity (Wildman–Crippen MR) is 76.2 cm³/mol. The Morgan fingerprint density at radius 3 is 2.74 bits per heavy atom. The fraction of sp³-hybridized carbons (Fsp3) is 0.647. The third-order valence-corrected chi connectivity index (χ3v) is 5.25.